The number of ketones is 1. The van der Waals surface area contributed by atoms with Gasteiger partial charge >= 0.3 is 0 Å². The molecule has 0 saturated heterocycles. The average Bonchev–Trinajstić information content (AvgIpc) is 2.13. The predicted molar refractivity (Wildman–Crippen MR) is 69.5 cm³/mol. The highest BCUT2D eigenvalue weighted by Gasteiger charge is 2.10. The minimum absolute atomic E-state index is 0.0222. The molecule has 0 heterocycles. The quantitative estimate of drug-likeness (QED) is 0.681. The second-order valence-electron chi connectivity index (χ2n) is 4.89. The standard InChI is InChI=1S/C12H23NOS/c1-5-11(15)8-6-7-10(14)9-13-12(2,3)4/h13H,5-9H2,1-4H3. The van der Waals surface area contributed by atoms with E-state index >= 15 is 0 Å². The molecule has 2 nitrogen and oxygen atoms in total. The Bertz CT molecular complexity index is 218. The molecular weight excluding hydrogens is 206 g/mol. The Morgan fingerprint density at radius 1 is 1.27 bits per heavy atom. The molecule has 0 aromatic heterocycles. The highest BCUT2D eigenvalue weighted by molar-refractivity contribution is 7.80. The predicted octanol–water partition coefficient (Wildman–Crippen LogP) is 2.89. The van der Waals surface area contributed by atoms with Gasteiger partial charge in [-0.1, -0.05) is 19.1 Å². The minimum Gasteiger partial charge on any atom is -0.305 e. The molecular formula is C12H23NOS. The summed E-state index contributed by atoms with van der Waals surface area (Å²) in [5, 5.41) is 3.19. The van der Waals surface area contributed by atoms with Gasteiger partial charge < -0.3 is 5.32 Å². The Morgan fingerprint density at radius 2 is 1.87 bits per heavy atom. The molecule has 0 rings (SSSR count). The first-order chi connectivity index (χ1) is 6.85. The van der Waals surface area contributed by atoms with E-state index in [0.717, 1.165) is 24.1 Å². The van der Waals surface area contributed by atoms with Crippen molar-refractivity contribution in [3.63, 3.8) is 0 Å². The van der Waals surface area contributed by atoms with Crippen molar-refractivity contribution in [1.82, 2.24) is 5.32 Å². The van der Waals surface area contributed by atoms with Crippen molar-refractivity contribution in [1.29, 1.82) is 0 Å². The normalized spacial score (nSPS) is 11.5. The van der Waals surface area contributed by atoms with Gasteiger partial charge in [0.2, 0.25) is 0 Å². The van der Waals surface area contributed by atoms with Crippen molar-refractivity contribution < 1.29 is 4.79 Å². The van der Waals surface area contributed by atoms with E-state index in [9.17, 15) is 4.79 Å². The van der Waals surface area contributed by atoms with Gasteiger partial charge in [-0.3, -0.25) is 4.79 Å². The Kier molecular flexibility index (Phi) is 6.94. The highest BCUT2D eigenvalue weighted by Crippen LogP contribution is 2.03. The molecule has 0 atom stereocenters. The molecule has 0 aromatic carbocycles. The van der Waals surface area contributed by atoms with E-state index in [-0.39, 0.29) is 11.3 Å². The van der Waals surface area contributed by atoms with Gasteiger partial charge in [0, 0.05) is 12.0 Å². The number of nitrogens with one attached hydrogen (secondary N) is 1. The van der Waals surface area contributed by atoms with Gasteiger partial charge in [-0.05, 0) is 44.9 Å². The molecule has 0 amide bonds. The molecule has 1 N–H and O–H groups in total. The average molecular weight is 229 g/mol. The van der Waals surface area contributed by atoms with Crippen molar-refractivity contribution in [2.75, 3.05) is 6.54 Å². The van der Waals surface area contributed by atoms with Gasteiger partial charge in [0.1, 0.15) is 5.78 Å². The Balaban J connectivity index is 3.54. The topological polar surface area (TPSA) is 29.1 Å². The zero-order valence-electron chi connectivity index (χ0n) is 10.4. The largest absolute Gasteiger partial charge is 0.305 e. The molecule has 0 unspecified atom stereocenters. The summed E-state index contributed by atoms with van der Waals surface area (Å²) in [6.07, 6.45) is 3.40. The molecule has 3 heteroatoms. The van der Waals surface area contributed by atoms with Crippen molar-refractivity contribution in [2.45, 2.75) is 58.9 Å². The van der Waals surface area contributed by atoms with Crippen LogP contribution in [-0.2, 0) is 4.79 Å². The minimum atomic E-state index is 0.0222. The fraction of sp³-hybridized carbons (Fsp3) is 0.833. The van der Waals surface area contributed by atoms with E-state index < -0.39 is 0 Å². The fourth-order valence-corrected chi connectivity index (χ4v) is 1.26. The first-order valence-electron chi connectivity index (χ1n) is 5.63. The van der Waals surface area contributed by atoms with Crippen LogP contribution in [0.1, 0.15) is 53.4 Å². The summed E-state index contributed by atoms with van der Waals surface area (Å²) in [5.74, 6) is 0.281. The number of rotatable bonds is 7. The van der Waals surface area contributed by atoms with Crippen LogP contribution >= 0.6 is 12.2 Å². The van der Waals surface area contributed by atoms with Crippen molar-refractivity contribution in [3.8, 4) is 0 Å². The smallest absolute Gasteiger partial charge is 0.146 e. The first kappa shape index (κ1) is 14.7. The second-order valence-corrected chi connectivity index (χ2v) is 5.47. The zero-order valence-corrected chi connectivity index (χ0v) is 11.2. The van der Waals surface area contributed by atoms with Crippen molar-refractivity contribution in [2.24, 2.45) is 0 Å². The number of carbonyl (C=O) groups excluding carboxylic acids is 1. The lowest BCUT2D eigenvalue weighted by Crippen LogP contribution is -2.39. The molecule has 0 bridgehead atoms. The Labute approximate surface area is 98.8 Å². The second kappa shape index (κ2) is 7.07. The van der Waals surface area contributed by atoms with Crippen LogP contribution in [0.15, 0.2) is 0 Å². The van der Waals surface area contributed by atoms with Crippen LogP contribution in [0, 0.1) is 0 Å². The van der Waals surface area contributed by atoms with Crippen LogP contribution in [-0.4, -0.2) is 22.7 Å². The number of hydrogen-bond acceptors (Lipinski definition) is 3. The van der Waals surface area contributed by atoms with E-state index in [1.54, 1.807) is 0 Å². The molecule has 0 aliphatic heterocycles. The zero-order chi connectivity index (χ0) is 11.9. The summed E-state index contributed by atoms with van der Waals surface area (Å²) in [6, 6.07) is 0. The third kappa shape index (κ3) is 10.0. The number of hydrogen-bond donors (Lipinski definition) is 1. The molecule has 0 aliphatic rings. The van der Waals surface area contributed by atoms with Crippen LogP contribution in [0.25, 0.3) is 0 Å². The van der Waals surface area contributed by atoms with Gasteiger partial charge in [0.05, 0.1) is 6.54 Å². The van der Waals surface area contributed by atoms with E-state index in [2.05, 4.69) is 33.0 Å². The molecule has 0 fully saturated rings. The van der Waals surface area contributed by atoms with E-state index in [1.165, 1.54) is 0 Å². The van der Waals surface area contributed by atoms with Crippen LogP contribution in [0.5, 0.6) is 0 Å². The first-order valence-corrected chi connectivity index (χ1v) is 6.04. The molecule has 15 heavy (non-hydrogen) atoms. The fourth-order valence-electron chi connectivity index (χ4n) is 1.11. The molecule has 0 radical (unpaired) electrons. The maximum Gasteiger partial charge on any atom is 0.146 e. The lowest BCUT2D eigenvalue weighted by molar-refractivity contribution is -0.118. The number of Topliss-reactive ketones (excluding diaryl/α,β-unsaturated/α-hetero) is 1. The van der Waals surface area contributed by atoms with Crippen LogP contribution in [0.3, 0.4) is 0 Å². The van der Waals surface area contributed by atoms with Crippen molar-refractivity contribution >= 4 is 22.9 Å². The van der Waals surface area contributed by atoms with E-state index in [0.29, 0.717) is 13.0 Å². The molecule has 0 spiro atoms. The molecule has 88 valence electrons. The summed E-state index contributed by atoms with van der Waals surface area (Å²) in [7, 11) is 0. The van der Waals surface area contributed by atoms with E-state index in [4.69, 9.17) is 12.2 Å². The molecule has 0 saturated carbocycles. The van der Waals surface area contributed by atoms with E-state index in [1.807, 2.05) is 0 Å². The lowest BCUT2D eigenvalue weighted by Gasteiger charge is -2.19. The lowest BCUT2D eigenvalue weighted by atomic mass is 10.1. The maximum absolute atomic E-state index is 11.5. The summed E-state index contributed by atoms with van der Waals surface area (Å²) in [6.45, 7) is 8.72. The monoisotopic (exact) mass is 229 g/mol. The third-order valence-corrected chi connectivity index (χ3v) is 2.61. The number of thiocarbonyl (C=S) groups is 1. The molecule has 0 aliphatic carbocycles. The maximum atomic E-state index is 11.5. The SMILES string of the molecule is CCC(=S)CCCC(=O)CNC(C)(C)C. The van der Waals surface area contributed by atoms with Gasteiger partial charge in [0.15, 0.2) is 0 Å². The Morgan fingerprint density at radius 3 is 2.33 bits per heavy atom. The third-order valence-electron chi connectivity index (χ3n) is 2.12. The number of carbonyl (C=O) groups is 1. The van der Waals surface area contributed by atoms with Crippen LogP contribution in [0.2, 0.25) is 0 Å². The Hall–Kier alpha value is -0.280. The summed E-state index contributed by atoms with van der Waals surface area (Å²) in [5.41, 5.74) is 0.0222. The summed E-state index contributed by atoms with van der Waals surface area (Å²) < 4.78 is 0. The van der Waals surface area contributed by atoms with Gasteiger partial charge in [-0.25, -0.2) is 0 Å². The van der Waals surface area contributed by atoms with Gasteiger partial charge in [0.25, 0.3) is 0 Å². The van der Waals surface area contributed by atoms with Crippen molar-refractivity contribution in [3.05, 3.63) is 0 Å². The van der Waals surface area contributed by atoms with Gasteiger partial charge in [-0.15, -0.1) is 0 Å². The van der Waals surface area contributed by atoms with Gasteiger partial charge in [-0.2, -0.15) is 0 Å². The highest BCUT2D eigenvalue weighted by atomic mass is 32.1. The summed E-state index contributed by atoms with van der Waals surface area (Å²) in [4.78, 5) is 12.5. The van der Waals surface area contributed by atoms with Crippen LogP contribution < -0.4 is 5.32 Å². The summed E-state index contributed by atoms with van der Waals surface area (Å²) >= 11 is 5.10. The van der Waals surface area contributed by atoms with Crippen LogP contribution in [0.4, 0.5) is 0 Å². The molecule has 0 aromatic rings.